The number of fused-ring (bicyclic) bond motifs is 1. The van der Waals surface area contributed by atoms with E-state index in [1.807, 2.05) is 19.1 Å². The van der Waals surface area contributed by atoms with Gasteiger partial charge in [0.25, 0.3) is 10.0 Å². The van der Waals surface area contributed by atoms with Crippen molar-refractivity contribution >= 4 is 15.7 Å². The van der Waals surface area contributed by atoms with Gasteiger partial charge in [0.1, 0.15) is 5.82 Å². The van der Waals surface area contributed by atoms with Gasteiger partial charge in [-0.05, 0) is 66.6 Å². The van der Waals surface area contributed by atoms with Crippen LogP contribution in [0.5, 0.6) is 0 Å². The van der Waals surface area contributed by atoms with E-state index in [9.17, 15) is 12.8 Å². The van der Waals surface area contributed by atoms with Gasteiger partial charge < -0.3 is 0 Å². The summed E-state index contributed by atoms with van der Waals surface area (Å²) in [5.74, 6) is -0.333. The molecule has 2 aromatic carbocycles. The number of benzene rings is 2. The molecular weight excluding hydrogens is 337 g/mol. The lowest BCUT2D eigenvalue weighted by atomic mass is 9.87. The Morgan fingerprint density at radius 1 is 1.08 bits per heavy atom. The van der Waals surface area contributed by atoms with E-state index in [1.54, 1.807) is 18.2 Å². The van der Waals surface area contributed by atoms with E-state index in [4.69, 9.17) is 0 Å². The first-order valence-electron chi connectivity index (χ1n) is 8.54. The summed E-state index contributed by atoms with van der Waals surface area (Å²) in [4.78, 5) is 0.268. The fraction of sp³-hybridized carbons (Fsp3) is 0.400. The Balaban J connectivity index is 2.06. The molecule has 0 aromatic heterocycles. The molecule has 0 fully saturated rings. The second kappa shape index (κ2) is 6.13. The second-order valence-electron chi connectivity index (χ2n) is 7.74. The minimum atomic E-state index is -3.69. The van der Waals surface area contributed by atoms with Crippen LogP contribution in [0.2, 0.25) is 0 Å². The van der Waals surface area contributed by atoms with E-state index < -0.39 is 10.0 Å². The molecule has 1 unspecified atom stereocenters. The van der Waals surface area contributed by atoms with Crippen molar-refractivity contribution in [2.24, 2.45) is 0 Å². The van der Waals surface area contributed by atoms with Crippen molar-refractivity contribution in [2.45, 2.75) is 56.9 Å². The topological polar surface area (TPSA) is 37.4 Å². The van der Waals surface area contributed by atoms with Gasteiger partial charge in [-0.2, -0.15) is 0 Å². The van der Waals surface area contributed by atoms with E-state index in [0.717, 1.165) is 11.1 Å². The fourth-order valence-electron chi connectivity index (χ4n) is 3.30. The zero-order valence-corrected chi connectivity index (χ0v) is 15.9. The number of halogens is 1. The Bertz CT molecular complexity index is 883. The molecule has 1 aliphatic heterocycles. The summed E-state index contributed by atoms with van der Waals surface area (Å²) in [7, 11) is -3.69. The summed E-state index contributed by atoms with van der Waals surface area (Å²) in [6.45, 7) is 8.17. The molecule has 3 rings (SSSR count). The van der Waals surface area contributed by atoms with Crippen molar-refractivity contribution in [1.82, 2.24) is 0 Å². The number of anilines is 1. The molecule has 134 valence electrons. The third-order valence-corrected chi connectivity index (χ3v) is 6.73. The summed E-state index contributed by atoms with van der Waals surface area (Å²) in [6.07, 6.45) is 1.36. The largest absolute Gasteiger partial charge is 0.264 e. The zero-order valence-electron chi connectivity index (χ0n) is 15.1. The molecule has 0 spiro atoms. The second-order valence-corrected chi connectivity index (χ2v) is 9.55. The van der Waals surface area contributed by atoms with Crippen LogP contribution >= 0.6 is 0 Å². The van der Waals surface area contributed by atoms with Gasteiger partial charge in [0.15, 0.2) is 0 Å². The van der Waals surface area contributed by atoms with E-state index in [2.05, 4.69) is 20.8 Å². The van der Waals surface area contributed by atoms with Crippen LogP contribution in [0.1, 0.15) is 45.2 Å². The molecule has 0 bridgehead atoms. The lowest BCUT2D eigenvalue weighted by molar-refractivity contribution is 0.559. The average Bonchev–Trinajstić information content (AvgIpc) is 2.54. The Morgan fingerprint density at radius 2 is 1.72 bits per heavy atom. The summed E-state index contributed by atoms with van der Waals surface area (Å²) >= 11 is 0. The molecule has 2 aromatic rings. The molecule has 1 atom stereocenters. The predicted octanol–water partition coefficient (Wildman–Crippen LogP) is 4.65. The summed E-state index contributed by atoms with van der Waals surface area (Å²) < 4.78 is 41.4. The molecule has 0 N–H and O–H groups in total. The van der Waals surface area contributed by atoms with Gasteiger partial charge in [-0.3, -0.25) is 4.31 Å². The van der Waals surface area contributed by atoms with Crippen LogP contribution in [0, 0.1) is 5.82 Å². The number of rotatable bonds is 2. The first-order valence-corrected chi connectivity index (χ1v) is 9.98. The number of hydrogen-bond donors (Lipinski definition) is 0. The molecule has 0 amide bonds. The molecule has 0 saturated heterocycles. The molecule has 1 heterocycles. The van der Waals surface area contributed by atoms with Crippen LogP contribution in [-0.4, -0.2) is 14.5 Å². The van der Waals surface area contributed by atoms with E-state index in [1.165, 1.54) is 16.4 Å². The highest BCUT2D eigenvalue weighted by Crippen LogP contribution is 2.36. The Morgan fingerprint density at radius 3 is 2.32 bits per heavy atom. The molecule has 0 radical (unpaired) electrons. The molecule has 1 aliphatic rings. The smallest absolute Gasteiger partial charge is 0.263 e. The Labute approximate surface area is 149 Å². The van der Waals surface area contributed by atoms with Crippen molar-refractivity contribution in [1.29, 1.82) is 0 Å². The van der Waals surface area contributed by atoms with E-state index >= 15 is 0 Å². The number of nitrogens with zero attached hydrogens (tertiary/aromatic N) is 1. The van der Waals surface area contributed by atoms with Crippen LogP contribution in [-0.2, 0) is 21.9 Å². The van der Waals surface area contributed by atoms with Gasteiger partial charge >= 0.3 is 0 Å². The van der Waals surface area contributed by atoms with Gasteiger partial charge in [0.2, 0.25) is 0 Å². The SMILES string of the molecule is CC1CCc2cc(F)ccc2N1S(=O)(=O)c1ccc(C(C)(C)C)cc1. The van der Waals surface area contributed by atoms with Gasteiger partial charge in [-0.1, -0.05) is 32.9 Å². The zero-order chi connectivity index (χ0) is 18.4. The summed E-state index contributed by atoms with van der Waals surface area (Å²) in [6, 6.07) is 11.2. The van der Waals surface area contributed by atoms with Crippen LogP contribution < -0.4 is 4.31 Å². The van der Waals surface area contributed by atoms with Crippen LogP contribution in [0.3, 0.4) is 0 Å². The van der Waals surface area contributed by atoms with Crippen molar-refractivity contribution in [2.75, 3.05) is 4.31 Å². The predicted molar refractivity (Wildman–Crippen MR) is 99.0 cm³/mol. The first-order chi connectivity index (χ1) is 11.6. The Hall–Kier alpha value is -1.88. The van der Waals surface area contributed by atoms with Crippen LogP contribution in [0.15, 0.2) is 47.4 Å². The number of aryl methyl sites for hydroxylation is 1. The van der Waals surface area contributed by atoms with Crippen molar-refractivity contribution in [3.8, 4) is 0 Å². The molecule has 0 saturated carbocycles. The van der Waals surface area contributed by atoms with Gasteiger partial charge in [0, 0.05) is 6.04 Å². The highest BCUT2D eigenvalue weighted by molar-refractivity contribution is 7.92. The summed E-state index contributed by atoms with van der Waals surface area (Å²) in [5.41, 5.74) is 2.37. The van der Waals surface area contributed by atoms with Gasteiger partial charge in [0.05, 0.1) is 10.6 Å². The maximum absolute atomic E-state index is 13.5. The lowest BCUT2D eigenvalue weighted by Crippen LogP contribution is -2.42. The van der Waals surface area contributed by atoms with Crippen LogP contribution in [0.25, 0.3) is 0 Å². The third-order valence-electron chi connectivity index (χ3n) is 4.79. The van der Waals surface area contributed by atoms with E-state index in [0.29, 0.717) is 18.5 Å². The van der Waals surface area contributed by atoms with Crippen molar-refractivity contribution < 1.29 is 12.8 Å². The fourth-order valence-corrected chi connectivity index (χ4v) is 5.02. The molecule has 5 heteroatoms. The minimum absolute atomic E-state index is 0.0369. The maximum atomic E-state index is 13.5. The van der Waals surface area contributed by atoms with E-state index in [-0.39, 0.29) is 22.2 Å². The number of sulfonamides is 1. The molecule has 3 nitrogen and oxygen atoms in total. The normalized spacial score (nSPS) is 18.1. The molecule has 0 aliphatic carbocycles. The van der Waals surface area contributed by atoms with Gasteiger partial charge in [-0.25, -0.2) is 12.8 Å². The first kappa shape index (κ1) is 17.9. The highest BCUT2D eigenvalue weighted by Gasteiger charge is 2.34. The van der Waals surface area contributed by atoms with Crippen molar-refractivity contribution in [3.63, 3.8) is 0 Å². The van der Waals surface area contributed by atoms with Crippen LogP contribution in [0.4, 0.5) is 10.1 Å². The minimum Gasteiger partial charge on any atom is -0.263 e. The van der Waals surface area contributed by atoms with Crippen molar-refractivity contribution in [3.05, 3.63) is 59.4 Å². The monoisotopic (exact) mass is 361 g/mol. The quantitative estimate of drug-likeness (QED) is 0.780. The standard InChI is InChI=1S/C20H24FNO2S/c1-14-5-6-15-13-17(21)9-12-19(15)22(14)25(23,24)18-10-7-16(8-11-18)20(2,3)4/h7-14H,5-6H2,1-4H3. The highest BCUT2D eigenvalue weighted by atomic mass is 32.2. The number of hydrogen-bond acceptors (Lipinski definition) is 2. The lowest BCUT2D eigenvalue weighted by Gasteiger charge is -2.36. The molecular formula is C20H24FNO2S. The maximum Gasteiger partial charge on any atom is 0.264 e. The molecule has 25 heavy (non-hydrogen) atoms. The average molecular weight is 361 g/mol. The third kappa shape index (κ3) is 3.30. The van der Waals surface area contributed by atoms with Gasteiger partial charge in [-0.15, -0.1) is 0 Å². The Kier molecular flexibility index (Phi) is 4.40. The summed E-state index contributed by atoms with van der Waals surface area (Å²) in [5, 5.41) is 0.